The lowest BCUT2D eigenvalue weighted by atomic mass is 9.94. The molecule has 0 radical (unpaired) electrons. The highest BCUT2D eigenvalue weighted by Crippen LogP contribution is 2.25. The average Bonchev–Trinajstić information content (AvgIpc) is 2.35. The van der Waals surface area contributed by atoms with Gasteiger partial charge in [0.1, 0.15) is 0 Å². The van der Waals surface area contributed by atoms with E-state index in [0.29, 0.717) is 0 Å². The van der Waals surface area contributed by atoms with E-state index in [4.69, 9.17) is 0 Å². The molecule has 0 aliphatic heterocycles. The molecular weight excluding hydrogens is 210 g/mol. The summed E-state index contributed by atoms with van der Waals surface area (Å²) in [5.41, 5.74) is 4.79. The third kappa shape index (κ3) is 2.34. The van der Waals surface area contributed by atoms with Crippen molar-refractivity contribution in [3.63, 3.8) is 0 Å². The van der Waals surface area contributed by atoms with Crippen LogP contribution in [0.25, 0.3) is 0 Å². The molecule has 88 valence electrons. The van der Waals surface area contributed by atoms with E-state index in [2.05, 4.69) is 47.3 Å². The summed E-state index contributed by atoms with van der Waals surface area (Å²) in [4.78, 5) is 8.52. The molecule has 0 aliphatic rings. The number of nitrogens with zero attached hydrogens (tertiary/aromatic N) is 2. The first-order valence-electron chi connectivity index (χ1n) is 5.73. The standard InChI is InChI=1S/C14H17N3/c1-10-5-4-6-11(2)13(10)14(15-3)12-9-16-7-8-17-12/h4-9,14-15H,1-3H3. The number of aryl methyl sites for hydroxylation is 2. The van der Waals surface area contributed by atoms with Crippen LogP contribution in [0.2, 0.25) is 0 Å². The van der Waals surface area contributed by atoms with E-state index in [9.17, 15) is 0 Å². The molecule has 1 atom stereocenters. The average molecular weight is 227 g/mol. The van der Waals surface area contributed by atoms with Crippen molar-refractivity contribution in [2.45, 2.75) is 19.9 Å². The second-order valence-corrected chi connectivity index (χ2v) is 4.16. The molecule has 17 heavy (non-hydrogen) atoms. The Labute approximate surface area is 102 Å². The molecule has 1 N–H and O–H groups in total. The van der Waals surface area contributed by atoms with Crippen LogP contribution in [0.4, 0.5) is 0 Å². The van der Waals surface area contributed by atoms with Crippen molar-refractivity contribution in [1.82, 2.24) is 15.3 Å². The summed E-state index contributed by atoms with van der Waals surface area (Å²) >= 11 is 0. The van der Waals surface area contributed by atoms with Crippen molar-refractivity contribution in [1.29, 1.82) is 0 Å². The zero-order chi connectivity index (χ0) is 12.3. The molecule has 0 fully saturated rings. The van der Waals surface area contributed by atoms with E-state index in [1.54, 1.807) is 12.4 Å². The van der Waals surface area contributed by atoms with E-state index < -0.39 is 0 Å². The van der Waals surface area contributed by atoms with Crippen LogP contribution in [0.15, 0.2) is 36.8 Å². The normalized spacial score (nSPS) is 12.4. The molecule has 1 aromatic carbocycles. The summed E-state index contributed by atoms with van der Waals surface area (Å²) in [7, 11) is 1.95. The van der Waals surface area contributed by atoms with Crippen molar-refractivity contribution < 1.29 is 0 Å². The lowest BCUT2D eigenvalue weighted by Crippen LogP contribution is -2.21. The van der Waals surface area contributed by atoms with Crippen LogP contribution in [0.3, 0.4) is 0 Å². The van der Waals surface area contributed by atoms with Crippen molar-refractivity contribution in [2.24, 2.45) is 0 Å². The Morgan fingerprint density at radius 1 is 1.12 bits per heavy atom. The highest BCUT2D eigenvalue weighted by atomic mass is 14.9. The maximum atomic E-state index is 4.38. The highest BCUT2D eigenvalue weighted by molar-refractivity contribution is 5.39. The van der Waals surface area contributed by atoms with Crippen molar-refractivity contribution >= 4 is 0 Å². The molecule has 0 saturated carbocycles. The molecule has 0 aliphatic carbocycles. The molecule has 0 bridgehead atoms. The first-order valence-corrected chi connectivity index (χ1v) is 5.73. The van der Waals surface area contributed by atoms with Crippen LogP contribution in [0.5, 0.6) is 0 Å². The minimum Gasteiger partial charge on any atom is -0.308 e. The summed E-state index contributed by atoms with van der Waals surface area (Å²) in [5.74, 6) is 0. The number of aromatic nitrogens is 2. The zero-order valence-electron chi connectivity index (χ0n) is 10.4. The number of hydrogen-bond acceptors (Lipinski definition) is 3. The Morgan fingerprint density at radius 3 is 2.35 bits per heavy atom. The van der Waals surface area contributed by atoms with Gasteiger partial charge in [0.05, 0.1) is 17.9 Å². The van der Waals surface area contributed by atoms with Gasteiger partial charge in [-0.1, -0.05) is 18.2 Å². The Morgan fingerprint density at radius 2 is 1.82 bits per heavy atom. The van der Waals surface area contributed by atoms with Crippen LogP contribution in [0.1, 0.15) is 28.4 Å². The molecule has 2 rings (SSSR count). The predicted octanol–water partition coefficient (Wildman–Crippen LogP) is 2.40. The molecule has 1 heterocycles. The fourth-order valence-electron chi connectivity index (χ4n) is 2.18. The molecule has 0 saturated heterocycles. The van der Waals surface area contributed by atoms with Gasteiger partial charge >= 0.3 is 0 Å². The van der Waals surface area contributed by atoms with Crippen LogP contribution in [-0.4, -0.2) is 17.0 Å². The molecule has 3 nitrogen and oxygen atoms in total. The second-order valence-electron chi connectivity index (χ2n) is 4.16. The fraction of sp³-hybridized carbons (Fsp3) is 0.286. The molecule has 0 amide bonds. The van der Waals surface area contributed by atoms with Gasteiger partial charge in [0, 0.05) is 12.4 Å². The van der Waals surface area contributed by atoms with Gasteiger partial charge in [-0.15, -0.1) is 0 Å². The van der Waals surface area contributed by atoms with E-state index in [1.807, 2.05) is 13.2 Å². The van der Waals surface area contributed by atoms with Gasteiger partial charge in [0.25, 0.3) is 0 Å². The van der Waals surface area contributed by atoms with Gasteiger partial charge < -0.3 is 5.32 Å². The SMILES string of the molecule is CNC(c1cnccn1)c1c(C)cccc1C. The Kier molecular flexibility index (Phi) is 3.49. The number of rotatable bonds is 3. The van der Waals surface area contributed by atoms with Crippen LogP contribution < -0.4 is 5.32 Å². The number of hydrogen-bond donors (Lipinski definition) is 1. The summed E-state index contributed by atoms with van der Waals surface area (Å²) in [5, 5.41) is 3.31. The van der Waals surface area contributed by atoms with E-state index in [0.717, 1.165) is 5.69 Å². The molecule has 0 spiro atoms. The number of nitrogens with one attached hydrogen (secondary N) is 1. The zero-order valence-corrected chi connectivity index (χ0v) is 10.4. The second kappa shape index (κ2) is 5.06. The summed E-state index contributed by atoms with van der Waals surface area (Å²) in [6.07, 6.45) is 5.24. The molecule has 1 aromatic heterocycles. The predicted molar refractivity (Wildman–Crippen MR) is 68.9 cm³/mol. The van der Waals surface area contributed by atoms with Gasteiger partial charge in [-0.25, -0.2) is 0 Å². The Bertz CT molecular complexity index is 474. The van der Waals surface area contributed by atoms with Gasteiger partial charge in [-0.3, -0.25) is 9.97 Å². The van der Waals surface area contributed by atoms with Crippen molar-refractivity contribution in [3.05, 3.63) is 59.2 Å². The summed E-state index contributed by atoms with van der Waals surface area (Å²) in [6, 6.07) is 6.44. The topological polar surface area (TPSA) is 37.8 Å². The molecule has 2 aromatic rings. The molecule has 1 unspecified atom stereocenters. The van der Waals surface area contributed by atoms with Gasteiger partial charge in [-0.05, 0) is 37.6 Å². The van der Waals surface area contributed by atoms with E-state index in [-0.39, 0.29) is 6.04 Å². The van der Waals surface area contributed by atoms with Gasteiger partial charge in [-0.2, -0.15) is 0 Å². The summed E-state index contributed by atoms with van der Waals surface area (Å²) in [6.45, 7) is 4.26. The van der Waals surface area contributed by atoms with Crippen LogP contribution in [-0.2, 0) is 0 Å². The third-order valence-electron chi connectivity index (χ3n) is 3.00. The lowest BCUT2D eigenvalue weighted by molar-refractivity contribution is 0.659. The molecule has 3 heteroatoms. The maximum Gasteiger partial charge on any atom is 0.0801 e. The maximum absolute atomic E-state index is 4.38. The van der Waals surface area contributed by atoms with Gasteiger partial charge in [0.15, 0.2) is 0 Å². The summed E-state index contributed by atoms with van der Waals surface area (Å²) < 4.78 is 0. The van der Waals surface area contributed by atoms with Crippen molar-refractivity contribution in [2.75, 3.05) is 7.05 Å². The highest BCUT2D eigenvalue weighted by Gasteiger charge is 2.17. The first-order chi connectivity index (χ1) is 8.24. The first kappa shape index (κ1) is 11.7. The Balaban J connectivity index is 2.50. The monoisotopic (exact) mass is 227 g/mol. The molecular formula is C14H17N3. The van der Waals surface area contributed by atoms with Crippen LogP contribution >= 0.6 is 0 Å². The lowest BCUT2D eigenvalue weighted by Gasteiger charge is -2.20. The Hall–Kier alpha value is -1.74. The van der Waals surface area contributed by atoms with Crippen molar-refractivity contribution in [3.8, 4) is 0 Å². The van der Waals surface area contributed by atoms with Gasteiger partial charge in [0.2, 0.25) is 0 Å². The van der Waals surface area contributed by atoms with Crippen LogP contribution in [0, 0.1) is 13.8 Å². The number of benzene rings is 1. The third-order valence-corrected chi connectivity index (χ3v) is 3.00. The fourth-order valence-corrected chi connectivity index (χ4v) is 2.18. The smallest absolute Gasteiger partial charge is 0.0801 e. The minimum absolute atomic E-state index is 0.102. The van der Waals surface area contributed by atoms with E-state index >= 15 is 0 Å². The quantitative estimate of drug-likeness (QED) is 0.875. The van der Waals surface area contributed by atoms with E-state index in [1.165, 1.54) is 16.7 Å². The minimum atomic E-state index is 0.102. The largest absolute Gasteiger partial charge is 0.308 e.